The zero-order valence-electron chi connectivity index (χ0n) is 23.1. The number of halogens is 2. The van der Waals surface area contributed by atoms with Crippen LogP contribution in [0.25, 0.3) is 0 Å². The molecule has 0 aliphatic rings. The Bertz CT molecular complexity index is 1400. The molecule has 2 atom stereocenters. The Morgan fingerprint density at radius 2 is 1.52 bits per heavy atom. The molecule has 0 aliphatic heterocycles. The van der Waals surface area contributed by atoms with Crippen LogP contribution >= 0.6 is 23.2 Å². The van der Waals surface area contributed by atoms with Crippen molar-refractivity contribution in [2.75, 3.05) is 17.1 Å². The number of hydrogen-bond donors (Lipinski definition) is 1. The van der Waals surface area contributed by atoms with Crippen LogP contribution in [0.15, 0.2) is 72.8 Å². The highest BCUT2D eigenvalue weighted by Crippen LogP contribution is 2.27. The van der Waals surface area contributed by atoms with Crippen molar-refractivity contribution in [1.29, 1.82) is 0 Å². The van der Waals surface area contributed by atoms with Gasteiger partial charge in [-0.2, -0.15) is 0 Å². The molecule has 0 saturated heterocycles. The van der Waals surface area contributed by atoms with Crippen LogP contribution in [0.5, 0.6) is 0 Å². The summed E-state index contributed by atoms with van der Waals surface area (Å²) in [5.41, 5.74) is 2.89. The highest BCUT2D eigenvalue weighted by molar-refractivity contribution is 7.92. The van der Waals surface area contributed by atoms with Gasteiger partial charge in [-0.15, -0.1) is 0 Å². The lowest BCUT2D eigenvalue weighted by Gasteiger charge is -2.34. The fourth-order valence-corrected chi connectivity index (χ4v) is 5.53. The normalized spacial score (nSPS) is 12.8. The number of anilines is 1. The Hall–Kier alpha value is -3.07. The van der Waals surface area contributed by atoms with Crippen LogP contribution in [0.2, 0.25) is 10.0 Å². The van der Waals surface area contributed by atoms with E-state index in [1.54, 1.807) is 0 Å². The minimum Gasteiger partial charge on any atom is -0.352 e. The summed E-state index contributed by atoms with van der Waals surface area (Å²) >= 11 is 12.3. The third-order valence-electron chi connectivity index (χ3n) is 6.56. The molecule has 214 valence electrons. The molecule has 0 spiro atoms. The average molecular weight is 605 g/mol. The maximum atomic E-state index is 14.1. The van der Waals surface area contributed by atoms with E-state index >= 15 is 0 Å². The van der Waals surface area contributed by atoms with Crippen molar-refractivity contribution in [3.8, 4) is 0 Å². The molecule has 10 heteroatoms. The summed E-state index contributed by atoms with van der Waals surface area (Å²) in [5, 5.41) is 3.47. The van der Waals surface area contributed by atoms with E-state index in [0.29, 0.717) is 6.42 Å². The predicted molar refractivity (Wildman–Crippen MR) is 162 cm³/mol. The molecule has 0 aromatic heterocycles. The van der Waals surface area contributed by atoms with Crippen molar-refractivity contribution in [3.05, 3.63) is 99.5 Å². The molecule has 3 aromatic carbocycles. The molecule has 7 nitrogen and oxygen atoms in total. The second-order valence-electron chi connectivity index (χ2n) is 9.93. The van der Waals surface area contributed by atoms with Crippen LogP contribution in [0.4, 0.5) is 5.69 Å². The van der Waals surface area contributed by atoms with Gasteiger partial charge in [-0.05, 0) is 49.6 Å². The third kappa shape index (κ3) is 8.98. The minimum absolute atomic E-state index is 0.108. The minimum atomic E-state index is -3.92. The predicted octanol–water partition coefficient (Wildman–Crippen LogP) is 5.62. The molecular formula is C30H35Cl2N3O4S. The lowest BCUT2D eigenvalue weighted by molar-refractivity contribution is -0.140. The summed E-state index contributed by atoms with van der Waals surface area (Å²) in [6.07, 6.45) is 1.98. The van der Waals surface area contributed by atoms with E-state index < -0.39 is 28.5 Å². The van der Waals surface area contributed by atoms with Crippen LogP contribution < -0.4 is 9.62 Å². The van der Waals surface area contributed by atoms with E-state index in [9.17, 15) is 18.0 Å². The second-order valence-corrected chi connectivity index (χ2v) is 12.7. The molecule has 3 rings (SSSR count). The molecule has 0 bridgehead atoms. The zero-order chi connectivity index (χ0) is 29.4. The number of hydrogen-bond acceptors (Lipinski definition) is 4. The summed E-state index contributed by atoms with van der Waals surface area (Å²) < 4.78 is 26.7. The number of amides is 2. The van der Waals surface area contributed by atoms with Gasteiger partial charge in [-0.1, -0.05) is 90.3 Å². The third-order valence-corrected chi connectivity index (χ3v) is 8.14. The molecular weight excluding hydrogens is 569 g/mol. The largest absolute Gasteiger partial charge is 0.352 e. The van der Waals surface area contributed by atoms with Crippen molar-refractivity contribution in [2.45, 2.75) is 52.2 Å². The number of aryl methyl sites for hydroxylation is 1. The smallest absolute Gasteiger partial charge is 0.244 e. The molecule has 1 N–H and O–H groups in total. The Balaban J connectivity index is 2.07. The molecule has 3 aromatic rings. The van der Waals surface area contributed by atoms with E-state index in [1.807, 2.05) is 75.4 Å². The molecule has 0 saturated carbocycles. The Labute approximate surface area is 247 Å². The molecule has 0 radical (unpaired) electrons. The van der Waals surface area contributed by atoms with Gasteiger partial charge in [-0.3, -0.25) is 13.9 Å². The van der Waals surface area contributed by atoms with E-state index in [1.165, 1.54) is 23.1 Å². The van der Waals surface area contributed by atoms with Gasteiger partial charge in [-0.25, -0.2) is 8.42 Å². The first-order chi connectivity index (χ1) is 18.9. The van der Waals surface area contributed by atoms with Gasteiger partial charge in [0.25, 0.3) is 0 Å². The molecule has 2 amide bonds. The molecule has 0 unspecified atom stereocenters. The maximum absolute atomic E-state index is 14.1. The van der Waals surface area contributed by atoms with E-state index in [0.717, 1.165) is 27.3 Å². The summed E-state index contributed by atoms with van der Waals surface area (Å²) in [7, 11) is -3.92. The first kappa shape index (κ1) is 31.5. The average Bonchev–Trinajstić information content (AvgIpc) is 2.89. The van der Waals surface area contributed by atoms with Crippen molar-refractivity contribution >= 4 is 50.7 Å². The number of rotatable bonds is 12. The number of carbonyl (C=O) groups excluding carboxylic acids is 2. The topological polar surface area (TPSA) is 86.8 Å². The van der Waals surface area contributed by atoms with Gasteiger partial charge < -0.3 is 10.2 Å². The molecule has 0 aliphatic carbocycles. The summed E-state index contributed by atoms with van der Waals surface area (Å²) in [5.74, 6) is -0.849. The second kappa shape index (κ2) is 14.0. The standard InChI is InChI=1S/C30H35Cl2N3O4S/c1-5-22(3)33-30(37)28(15-23-9-7-6-8-10-23)34(19-24-13-11-21(2)12-14-24)29(36)20-35(40(4,38)39)27-17-25(31)16-26(32)18-27/h6-14,16-18,22,28H,5,15,19-20H2,1-4H3,(H,33,37)/t22-,28+/m0/s1. The Morgan fingerprint density at radius 1 is 0.925 bits per heavy atom. The molecule has 40 heavy (non-hydrogen) atoms. The maximum Gasteiger partial charge on any atom is 0.244 e. The summed E-state index contributed by atoms with van der Waals surface area (Å²) in [6, 6.07) is 20.4. The van der Waals surface area contributed by atoms with E-state index in [-0.39, 0.29) is 40.6 Å². The summed E-state index contributed by atoms with van der Waals surface area (Å²) in [6.45, 7) is 5.40. The van der Waals surface area contributed by atoms with Crippen LogP contribution in [-0.2, 0) is 32.6 Å². The first-order valence-electron chi connectivity index (χ1n) is 13.0. The SMILES string of the molecule is CC[C@H](C)NC(=O)[C@@H](Cc1ccccc1)N(Cc1ccc(C)cc1)C(=O)CN(c1cc(Cl)cc(Cl)c1)S(C)(=O)=O. The van der Waals surface area contributed by atoms with E-state index in [2.05, 4.69) is 5.32 Å². The van der Waals surface area contributed by atoms with Gasteiger partial charge >= 0.3 is 0 Å². The summed E-state index contributed by atoms with van der Waals surface area (Å²) in [4.78, 5) is 29.2. The monoisotopic (exact) mass is 603 g/mol. The fourth-order valence-electron chi connectivity index (χ4n) is 4.18. The van der Waals surface area contributed by atoms with Crippen molar-refractivity contribution < 1.29 is 18.0 Å². The van der Waals surface area contributed by atoms with Crippen LogP contribution in [0.3, 0.4) is 0 Å². The van der Waals surface area contributed by atoms with Gasteiger partial charge in [0.15, 0.2) is 0 Å². The van der Waals surface area contributed by atoms with Crippen molar-refractivity contribution in [2.24, 2.45) is 0 Å². The lowest BCUT2D eigenvalue weighted by atomic mass is 10.0. The first-order valence-corrected chi connectivity index (χ1v) is 15.6. The number of nitrogens with one attached hydrogen (secondary N) is 1. The highest BCUT2D eigenvalue weighted by Gasteiger charge is 2.33. The quantitative estimate of drug-likeness (QED) is 0.291. The van der Waals surface area contributed by atoms with Crippen molar-refractivity contribution in [1.82, 2.24) is 10.2 Å². The zero-order valence-corrected chi connectivity index (χ0v) is 25.4. The van der Waals surface area contributed by atoms with Gasteiger partial charge in [0.05, 0.1) is 11.9 Å². The number of nitrogens with zero attached hydrogens (tertiary/aromatic N) is 2. The fraction of sp³-hybridized carbons (Fsp3) is 0.333. The van der Waals surface area contributed by atoms with Gasteiger partial charge in [0.1, 0.15) is 12.6 Å². The molecule has 0 heterocycles. The van der Waals surface area contributed by atoms with E-state index in [4.69, 9.17) is 23.2 Å². The number of benzene rings is 3. The van der Waals surface area contributed by atoms with Crippen LogP contribution in [0, 0.1) is 6.92 Å². The van der Waals surface area contributed by atoms with Crippen LogP contribution in [0.1, 0.15) is 37.0 Å². The Morgan fingerprint density at radius 3 is 2.08 bits per heavy atom. The highest BCUT2D eigenvalue weighted by atomic mass is 35.5. The number of carbonyl (C=O) groups is 2. The van der Waals surface area contributed by atoms with Crippen molar-refractivity contribution in [3.63, 3.8) is 0 Å². The van der Waals surface area contributed by atoms with Crippen LogP contribution in [-0.4, -0.2) is 50.0 Å². The van der Waals surface area contributed by atoms with Gasteiger partial charge in [0.2, 0.25) is 21.8 Å². The molecule has 0 fully saturated rings. The Kier molecular flexibility index (Phi) is 11.0. The van der Waals surface area contributed by atoms with Gasteiger partial charge in [0, 0.05) is 29.1 Å². The number of sulfonamides is 1. The lowest BCUT2D eigenvalue weighted by Crippen LogP contribution is -2.54.